The fraction of sp³-hybridized carbons (Fsp3) is 0.529. The first-order valence-electron chi connectivity index (χ1n) is 7.54. The van der Waals surface area contributed by atoms with Crippen molar-refractivity contribution in [1.82, 2.24) is 15.5 Å². The minimum atomic E-state index is 0.119. The molecule has 0 spiro atoms. The highest BCUT2D eigenvalue weighted by Crippen LogP contribution is 2.09. The van der Waals surface area contributed by atoms with Crippen molar-refractivity contribution in [3.8, 4) is 0 Å². The summed E-state index contributed by atoms with van der Waals surface area (Å²) in [5, 5.41) is 11.6. The summed E-state index contributed by atoms with van der Waals surface area (Å²) >= 11 is 0. The van der Waals surface area contributed by atoms with Gasteiger partial charge in [0.1, 0.15) is 0 Å². The second-order valence-corrected chi connectivity index (χ2v) is 6.51. The first kappa shape index (κ1) is 15.7. The monoisotopic (exact) mass is 287 g/mol. The van der Waals surface area contributed by atoms with Gasteiger partial charge in [-0.25, -0.2) is 0 Å². The van der Waals surface area contributed by atoms with Gasteiger partial charge in [-0.3, -0.25) is 0 Å². The molecule has 1 heterocycles. The molecule has 2 aromatic rings. The molecule has 0 amide bonds. The summed E-state index contributed by atoms with van der Waals surface area (Å²) in [6.07, 6.45) is 2.50. The molecule has 1 aromatic heterocycles. The molecular formula is C17H25N3O. The zero-order chi connectivity index (χ0) is 15.3. The number of nitrogens with one attached hydrogen (secondary N) is 1. The number of benzene rings is 1. The quantitative estimate of drug-likeness (QED) is 0.887. The van der Waals surface area contributed by atoms with Gasteiger partial charge in [0.25, 0.3) is 0 Å². The van der Waals surface area contributed by atoms with Crippen LogP contribution in [0.4, 0.5) is 0 Å². The molecule has 21 heavy (non-hydrogen) atoms. The summed E-state index contributed by atoms with van der Waals surface area (Å²) in [6.45, 7) is 9.40. The minimum Gasteiger partial charge on any atom is -0.425 e. The van der Waals surface area contributed by atoms with Crippen LogP contribution in [0.1, 0.15) is 43.7 Å². The molecule has 0 saturated carbocycles. The highest BCUT2D eigenvalue weighted by molar-refractivity contribution is 5.22. The predicted molar refractivity (Wildman–Crippen MR) is 84.3 cm³/mol. The van der Waals surface area contributed by atoms with E-state index in [0.717, 1.165) is 31.7 Å². The van der Waals surface area contributed by atoms with Crippen molar-refractivity contribution >= 4 is 0 Å². The van der Waals surface area contributed by atoms with E-state index in [1.54, 1.807) is 0 Å². The average Bonchev–Trinajstić information content (AvgIpc) is 2.83. The van der Waals surface area contributed by atoms with E-state index in [4.69, 9.17) is 4.42 Å². The molecule has 4 heteroatoms. The molecule has 0 fully saturated rings. The van der Waals surface area contributed by atoms with Crippen molar-refractivity contribution < 1.29 is 4.42 Å². The Balaban J connectivity index is 1.80. The number of aromatic nitrogens is 2. The third-order valence-electron chi connectivity index (χ3n) is 3.21. The molecule has 0 aliphatic carbocycles. The van der Waals surface area contributed by atoms with Crippen molar-refractivity contribution in [2.24, 2.45) is 0 Å². The molecule has 0 bridgehead atoms. The fourth-order valence-corrected chi connectivity index (χ4v) is 2.15. The van der Waals surface area contributed by atoms with Crippen LogP contribution in [0, 0.1) is 6.92 Å². The van der Waals surface area contributed by atoms with Gasteiger partial charge < -0.3 is 9.73 Å². The summed E-state index contributed by atoms with van der Waals surface area (Å²) < 4.78 is 5.69. The Morgan fingerprint density at radius 3 is 2.43 bits per heavy atom. The van der Waals surface area contributed by atoms with Gasteiger partial charge in [0.2, 0.25) is 11.8 Å². The highest BCUT2D eigenvalue weighted by Gasteiger charge is 2.10. The Hall–Kier alpha value is -1.68. The third kappa shape index (κ3) is 5.68. The van der Waals surface area contributed by atoms with Crippen molar-refractivity contribution in [3.05, 3.63) is 47.2 Å². The Morgan fingerprint density at radius 1 is 1.05 bits per heavy atom. The average molecular weight is 287 g/mol. The van der Waals surface area contributed by atoms with Gasteiger partial charge in [0.05, 0.1) is 0 Å². The molecule has 0 radical (unpaired) electrons. The Bertz CT molecular complexity index is 569. The maximum Gasteiger partial charge on any atom is 0.217 e. The lowest BCUT2D eigenvalue weighted by Gasteiger charge is -2.19. The van der Waals surface area contributed by atoms with E-state index in [1.165, 1.54) is 11.1 Å². The molecule has 0 aliphatic heterocycles. The SMILES string of the molecule is Cc1cccc(CCc2nnc(CCNC(C)(C)C)o2)c1. The standard InChI is InChI=1S/C17H25N3O/c1-13-6-5-7-14(12-13)8-9-15-19-20-16(21-15)10-11-18-17(2,3)4/h5-7,12,18H,8-11H2,1-4H3. The van der Waals surface area contributed by atoms with Gasteiger partial charge in [0, 0.05) is 24.9 Å². The maximum atomic E-state index is 5.69. The van der Waals surface area contributed by atoms with Crippen LogP contribution in [0.3, 0.4) is 0 Å². The number of hydrogen-bond acceptors (Lipinski definition) is 4. The van der Waals surface area contributed by atoms with E-state index in [2.05, 4.69) is 67.5 Å². The molecule has 2 rings (SSSR count). The van der Waals surface area contributed by atoms with E-state index in [1.807, 2.05) is 0 Å². The van der Waals surface area contributed by atoms with Gasteiger partial charge in [-0.05, 0) is 39.7 Å². The van der Waals surface area contributed by atoms with Gasteiger partial charge in [0.15, 0.2) is 0 Å². The topological polar surface area (TPSA) is 51.0 Å². The molecular weight excluding hydrogens is 262 g/mol. The van der Waals surface area contributed by atoms with Gasteiger partial charge >= 0.3 is 0 Å². The fourth-order valence-electron chi connectivity index (χ4n) is 2.15. The van der Waals surface area contributed by atoms with E-state index >= 15 is 0 Å². The van der Waals surface area contributed by atoms with Crippen LogP contribution in [0.15, 0.2) is 28.7 Å². The largest absolute Gasteiger partial charge is 0.425 e. The smallest absolute Gasteiger partial charge is 0.217 e. The highest BCUT2D eigenvalue weighted by atomic mass is 16.4. The van der Waals surface area contributed by atoms with Gasteiger partial charge in [-0.15, -0.1) is 10.2 Å². The van der Waals surface area contributed by atoms with Crippen molar-refractivity contribution in [2.75, 3.05) is 6.54 Å². The van der Waals surface area contributed by atoms with Gasteiger partial charge in [-0.2, -0.15) is 0 Å². The summed E-state index contributed by atoms with van der Waals surface area (Å²) in [5.74, 6) is 1.44. The van der Waals surface area contributed by atoms with Crippen LogP contribution in [0.5, 0.6) is 0 Å². The first-order valence-corrected chi connectivity index (χ1v) is 7.54. The normalized spacial score (nSPS) is 11.8. The first-order chi connectivity index (χ1) is 9.92. The zero-order valence-corrected chi connectivity index (χ0v) is 13.4. The van der Waals surface area contributed by atoms with Crippen LogP contribution in [0.2, 0.25) is 0 Å². The Labute approximate surface area is 127 Å². The maximum absolute atomic E-state index is 5.69. The molecule has 0 atom stereocenters. The number of hydrogen-bond donors (Lipinski definition) is 1. The number of nitrogens with zero attached hydrogens (tertiary/aromatic N) is 2. The molecule has 1 aromatic carbocycles. The number of rotatable bonds is 6. The third-order valence-corrected chi connectivity index (χ3v) is 3.21. The van der Waals surface area contributed by atoms with Gasteiger partial charge in [-0.1, -0.05) is 29.8 Å². The molecule has 0 saturated heterocycles. The lowest BCUT2D eigenvalue weighted by molar-refractivity contribution is 0.401. The van der Waals surface area contributed by atoms with E-state index in [0.29, 0.717) is 5.89 Å². The number of aryl methyl sites for hydroxylation is 3. The van der Waals surface area contributed by atoms with Crippen LogP contribution >= 0.6 is 0 Å². The lowest BCUT2D eigenvalue weighted by Crippen LogP contribution is -2.37. The van der Waals surface area contributed by atoms with E-state index < -0.39 is 0 Å². The van der Waals surface area contributed by atoms with Crippen LogP contribution in [0.25, 0.3) is 0 Å². The summed E-state index contributed by atoms with van der Waals surface area (Å²) in [6, 6.07) is 8.53. The lowest BCUT2D eigenvalue weighted by atomic mass is 10.1. The second-order valence-electron chi connectivity index (χ2n) is 6.51. The zero-order valence-electron chi connectivity index (χ0n) is 13.4. The van der Waals surface area contributed by atoms with Crippen molar-refractivity contribution in [2.45, 2.75) is 52.5 Å². The predicted octanol–water partition coefficient (Wildman–Crippen LogP) is 3.09. The van der Waals surface area contributed by atoms with E-state index in [9.17, 15) is 0 Å². The van der Waals surface area contributed by atoms with Crippen LogP contribution in [-0.2, 0) is 19.3 Å². The molecule has 1 N–H and O–H groups in total. The van der Waals surface area contributed by atoms with Crippen LogP contribution in [-0.4, -0.2) is 22.3 Å². The molecule has 0 aliphatic rings. The minimum absolute atomic E-state index is 0.119. The summed E-state index contributed by atoms with van der Waals surface area (Å²) in [4.78, 5) is 0. The Morgan fingerprint density at radius 2 is 1.76 bits per heavy atom. The summed E-state index contributed by atoms with van der Waals surface area (Å²) in [7, 11) is 0. The van der Waals surface area contributed by atoms with E-state index in [-0.39, 0.29) is 5.54 Å². The molecule has 0 unspecified atom stereocenters. The summed E-state index contributed by atoms with van der Waals surface area (Å²) in [5.41, 5.74) is 2.71. The second kappa shape index (κ2) is 6.85. The molecule has 114 valence electrons. The molecule has 4 nitrogen and oxygen atoms in total. The Kier molecular flexibility index (Phi) is 5.12. The van der Waals surface area contributed by atoms with Crippen LogP contribution < -0.4 is 5.32 Å². The van der Waals surface area contributed by atoms with Crippen molar-refractivity contribution in [3.63, 3.8) is 0 Å². The van der Waals surface area contributed by atoms with Crippen molar-refractivity contribution in [1.29, 1.82) is 0 Å².